The summed E-state index contributed by atoms with van der Waals surface area (Å²) in [5, 5.41) is 4.44. The standard InChI is InChI=1S/C19H22N4O2/c1-15-3-2-4-17(21-15)14-25-19-11-22(9-16-6-8-24-13-16)10-18-5-7-20-23(18)12-19/h2-8,13,19H,9-12,14H2,1H3. The summed E-state index contributed by atoms with van der Waals surface area (Å²) in [4.78, 5) is 6.90. The molecule has 1 aliphatic heterocycles. The summed E-state index contributed by atoms with van der Waals surface area (Å²) in [5.74, 6) is 0. The van der Waals surface area contributed by atoms with Crippen LogP contribution < -0.4 is 0 Å². The lowest BCUT2D eigenvalue weighted by Crippen LogP contribution is -2.32. The van der Waals surface area contributed by atoms with E-state index in [4.69, 9.17) is 9.15 Å². The monoisotopic (exact) mass is 338 g/mol. The molecule has 0 fully saturated rings. The van der Waals surface area contributed by atoms with Crippen molar-refractivity contribution >= 4 is 0 Å². The van der Waals surface area contributed by atoms with Crippen molar-refractivity contribution in [1.82, 2.24) is 19.7 Å². The number of fused-ring (bicyclic) bond motifs is 1. The SMILES string of the molecule is Cc1cccc(COC2CN(Cc3ccoc3)Cc3ccnn3C2)n1. The third-order valence-corrected chi connectivity index (χ3v) is 4.43. The fourth-order valence-corrected chi connectivity index (χ4v) is 3.24. The van der Waals surface area contributed by atoms with Crippen LogP contribution in [0, 0.1) is 6.92 Å². The fraction of sp³-hybridized carbons (Fsp3) is 0.368. The van der Waals surface area contributed by atoms with Gasteiger partial charge < -0.3 is 9.15 Å². The van der Waals surface area contributed by atoms with Crippen molar-refractivity contribution < 1.29 is 9.15 Å². The van der Waals surface area contributed by atoms with Crippen LogP contribution in [0.1, 0.15) is 22.6 Å². The molecule has 0 aromatic carbocycles. The molecule has 0 spiro atoms. The zero-order valence-corrected chi connectivity index (χ0v) is 14.3. The van der Waals surface area contributed by atoms with Crippen LogP contribution in [-0.4, -0.2) is 32.3 Å². The first-order valence-electron chi connectivity index (χ1n) is 8.54. The molecule has 0 saturated carbocycles. The van der Waals surface area contributed by atoms with Gasteiger partial charge in [-0.25, -0.2) is 0 Å². The molecule has 6 heteroatoms. The Hall–Kier alpha value is -2.44. The van der Waals surface area contributed by atoms with Crippen LogP contribution >= 0.6 is 0 Å². The van der Waals surface area contributed by atoms with Crippen LogP contribution in [0.2, 0.25) is 0 Å². The average Bonchev–Trinajstić information content (AvgIpc) is 3.22. The lowest BCUT2D eigenvalue weighted by atomic mass is 10.2. The second-order valence-electron chi connectivity index (χ2n) is 6.51. The predicted molar refractivity (Wildman–Crippen MR) is 92.6 cm³/mol. The van der Waals surface area contributed by atoms with Crippen molar-refractivity contribution in [1.29, 1.82) is 0 Å². The highest BCUT2D eigenvalue weighted by Crippen LogP contribution is 2.17. The Morgan fingerprint density at radius 1 is 1.24 bits per heavy atom. The molecule has 0 N–H and O–H groups in total. The van der Waals surface area contributed by atoms with E-state index >= 15 is 0 Å². The van der Waals surface area contributed by atoms with Gasteiger partial charge in [0.05, 0.1) is 43.2 Å². The number of pyridine rings is 1. The van der Waals surface area contributed by atoms with Gasteiger partial charge in [-0.15, -0.1) is 0 Å². The first-order chi connectivity index (χ1) is 12.3. The van der Waals surface area contributed by atoms with E-state index < -0.39 is 0 Å². The second-order valence-corrected chi connectivity index (χ2v) is 6.51. The van der Waals surface area contributed by atoms with Gasteiger partial charge in [-0.1, -0.05) is 6.07 Å². The lowest BCUT2D eigenvalue weighted by Gasteiger charge is -2.23. The van der Waals surface area contributed by atoms with Crippen molar-refractivity contribution in [2.75, 3.05) is 6.54 Å². The highest BCUT2D eigenvalue weighted by Gasteiger charge is 2.23. The third-order valence-electron chi connectivity index (χ3n) is 4.43. The van der Waals surface area contributed by atoms with E-state index in [2.05, 4.69) is 21.0 Å². The Labute approximate surface area is 147 Å². The zero-order chi connectivity index (χ0) is 17.1. The molecule has 3 aromatic heterocycles. The summed E-state index contributed by atoms with van der Waals surface area (Å²) in [5.41, 5.74) is 4.36. The molecule has 130 valence electrons. The Morgan fingerprint density at radius 2 is 2.20 bits per heavy atom. The number of nitrogens with zero attached hydrogens (tertiary/aromatic N) is 4. The molecule has 1 unspecified atom stereocenters. The van der Waals surface area contributed by atoms with E-state index in [1.165, 1.54) is 11.3 Å². The largest absolute Gasteiger partial charge is 0.472 e. The van der Waals surface area contributed by atoms with Gasteiger partial charge >= 0.3 is 0 Å². The van der Waals surface area contributed by atoms with Crippen LogP contribution in [0.15, 0.2) is 53.5 Å². The maximum atomic E-state index is 6.19. The molecule has 0 amide bonds. The summed E-state index contributed by atoms with van der Waals surface area (Å²) in [6.07, 6.45) is 5.44. The smallest absolute Gasteiger partial charge is 0.0947 e. The first kappa shape index (κ1) is 16.1. The maximum Gasteiger partial charge on any atom is 0.0947 e. The Kier molecular flexibility index (Phi) is 4.63. The van der Waals surface area contributed by atoms with Gasteiger partial charge in [0.2, 0.25) is 0 Å². The highest BCUT2D eigenvalue weighted by molar-refractivity contribution is 5.10. The van der Waals surface area contributed by atoms with Gasteiger partial charge in [0.25, 0.3) is 0 Å². The molecule has 0 saturated heterocycles. The number of rotatable bonds is 5. The molecule has 0 bridgehead atoms. The molecule has 4 heterocycles. The van der Waals surface area contributed by atoms with Gasteiger partial charge in [0.1, 0.15) is 0 Å². The van der Waals surface area contributed by atoms with Gasteiger partial charge in [-0.2, -0.15) is 5.10 Å². The fourth-order valence-electron chi connectivity index (χ4n) is 3.24. The van der Waals surface area contributed by atoms with Crippen LogP contribution in [0.5, 0.6) is 0 Å². The maximum absolute atomic E-state index is 6.19. The number of ether oxygens (including phenoxy) is 1. The Balaban J connectivity index is 1.46. The van der Waals surface area contributed by atoms with Crippen molar-refractivity contribution in [3.63, 3.8) is 0 Å². The van der Waals surface area contributed by atoms with Gasteiger partial charge in [0.15, 0.2) is 0 Å². The minimum Gasteiger partial charge on any atom is -0.472 e. The summed E-state index contributed by atoms with van der Waals surface area (Å²) in [7, 11) is 0. The molecule has 1 aliphatic rings. The van der Waals surface area contributed by atoms with Crippen LogP contribution in [0.3, 0.4) is 0 Å². The summed E-state index contributed by atoms with van der Waals surface area (Å²) < 4.78 is 13.4. The topological polar surface area (TPSA) is 56.3 Å². The number of hydrogen-bond acceptors (Lipinski definition) is 5. The van der Waals surface area contributed by atoms with E-state index in [-0.39, 0.29) is 6.10 Å². The molecule has 3 aromatic rings. The van der Waals surface area contributed by atoms with E-state index in [1.54, 1.807) is 12.5 Å². The van der Waals surface area contributed by atoms with E-state index in [0.717, 1.165) is 37.6 Å². The molecular formula is C19H22N4O2. The van der Waals surface area contributed by atoms with Crippen molar-refractivity contribution in [2.45, 2.75) is 39.3 Å². The number of aryl methyl sites for hydroxylation is 1. The van der Waals surface area contributed by atoms with Crippen molar-refractivity contribution in [3.05, 3.63) is 71.7 Å². The summed E-state index contributed by atoms with van der Waals surface area (Å²) in [6, 6.07) is 10.1. The van der Waals surface area contributed by atoms with Gasteiger partial charge in [-0.3, -0.25) is 14.6 Å². The highest BCUT2D eigenvalue weighted by atomic mass is 16.5. The number of aromatic nitrogens is 3. The molecule has 0 aliphatic carbocycles. The lowest BCUT2D eigenvalue weighted by molar-refractivity contribution is 0.00570. The Bertz CT molecular complexity index is 812. The quantitative estimate of drug-likeness (QED) is 0.716. The molecule has 0 radical (unpaired) electrons. The normalized spacial score (nSPS) is 18.0. The van der Waals surface area contributed by atoms with Gasteiger partial charge in [0, 0.05) is 37.1 Å². The summed E-state index contributed by atoms with van der Waals surface area (Å²) >= 11 is 0. The van der Waals surface area contributed by atoms with Gasteiger partial charge in [-0.05, 0) is 31.2 Å². The predicted octanol–water partition coefficient (Wildman–Crippen LogP) is 2.78. The molecule has 1 atom stereocenters. The van der Waals surface area contributed by atoms with E-state index in [0.29, 0.717) is 6.61 Å². The number of hydrogen-bond donors (Lipinski definition) is 0. The zero-order valence-electron chi connectivity index (χ0n) is 14.3. The molecule has 4 rings (SSSR count). The van der Waals surface area contributed by atoms with E-state index in [9.17, 15) is 0 Å². The molecular weight excluding hydrogens is 316 g/mol. The van der Waals surface area contributed by atoms with Crippen molar-refractivity contribution in [2.24, 2.45) is 0 Å². The minimum absolute atomic E-state index is 0.0652. The average molecular weight is 338 g/mol. The number of furan rings is 1. The Morgan fingerprint density at radius 3 is 3.04 bits per heavy atom. The summed E-state index contributed by atoms with van der Waals surface area (Å²) in [6.45, 7) is 5.81. The molecule has 25 heavy (non-hydrogen) atoms. The first-order valence-corrected chi connectivity index (χ1v) is 8.54. The van der Waals surface area contributed by atoms with E-state index in [1.807, 2.05) is 42.1 Å². The van der Waals surface area contributed by atoms with Crippen LogP contribution in [0.4, 0.5) is 0 Å². The third kappa shape index (κ3) is 3.97. The minimum atomic E-state index is 0.0652. The van der Waals surface area contributed by atoms with Crippen LogP contribution in [-0.2, 0) is 31.0 Å². The second kappa shape index (κ2) is 7.21. The molecule has 6 nitrogen and oxygen atoms in total. The van der Waals surface area contributed by atoms with Crippen molar-refractivity contribution in [3.8, 4) is 0 Å². The van der Waals surface area contributed by atoms with Crippen LogP contribution in [0.25, 0.3) is 0 Å².